The van der Waals surface area contributed by atoms with Crippen molar-refractivity contribution in [2.24, 2.45) is 0 Å². The van der Waals surface area contributed by atoms with Crippen molar-refractivity contribution in [1.82, 2.24) is 0 Å². The number of methoxy groups -OCH3 is 1. The Morgan fingerprint density at radius 2 is 1.94 bits per heavy atom. The Labute approximate surface area is 108 Å². The number of halogens is 2. The minimum Gasteiger partial charge on any atom is -0.494 e. The number of benzene rings is 1. The second kappa shape index (κ2) is 9.83. The number of rotatable bonds is 1. The van der Waals surface area contributed by atoms with Gasteiger partial charge in [-0.2, -0.15) is 4.39 Å². The van der Waals surface area contributed by atoms with E-state index in [9.17, 15) is 8.78 Å². The summed E-state index contributed by atoms with van der Waals surface area (Å²) in [5, 5.41) is 0. The van der Waals surface area contributed by atoms with Crippen molar-refractivity contribution < 1.29 is 18.3 Å². The van der Waals surface area contributed by atoms with Crippen LogP contribution < -0.4 is 4.74 Å². The van der Waals surface area contributed by atoms with Gasteiger partial charge in [0.25, 0.3) is 0 Å². The van der Waals surface area contributed by atoms with Gasteiger partial charge in [0, 0.05) is 6.61 Å². The molecule has 0 amide bonds. The first-order valence-corrected chi connectivity index (χ1v) is 6.24. The average Bonchev–Trinajstić information content (AvgIpc) is 2.87. The third-order valence-electron chi connectivity index (χ3n) is 2.29. The summed E-state index contributed by atoms with van der Waals surface area (Å²) >= 11 is 0. The maximum Gasteiger partial charge on any atom is 0.200 e. The van der Waals surface area contributed by atoms with Crippen LogP contribution in [0, 0.1) is 11.6 Å². The van der Waals surface area contributed by atoms with Crippen molar-refractivity contribution in [3.05, 3.63) is 29.8 Å². The van der Waals surface area contributed by atoms with Gasteiger partial charge in [-0.05, 0) is 31.9 Å². The lowest BCUT2D eigenvalue weighted by Crippen LogP contribution is -1.94. The van der Waals surface area contributed by atoms with Gasteiger partial charge in [0.15, 0.2) is 11.6 Å². The Morgan fingerprint density at radius 3 is 2.28 bits per heavy atom. The van der Waals surface area contributed by atoms with Gasteiger partial charge in [-0.25, -0.2) is 4.39 Å². The molecule has 0 N–H and O–H groups in total. The zero-order valence-corrected chi connectivity index (χ0v) is 11.5. The highest BCUT2D eigenvalue weighted by molar-refractivity contribution is 5.24. The lowest BCUT2D eigenvalue weighted by atomic mass is 10.3. The predicted molar refractivity (Wildman–Crippen MR) is 68.9 cm³/mol. The number of hydrogen-bond donors (Lipinski definition) is 0. The summed E-state index contributed by atoms with van der Waals surface area (Å²) in [5.41, 5.74) is 0. The summed E-state index contributed by atoms with van der Waals surface area (Å²) < 4.78 is 34.5. The maximum atomic E-state index is 12.5. The molecule has 104 valence electrons. The molecule has 0 spiro atoms. The van der Waals surface area contributed by atoms with Gasteiger partial charge in [0.05, 0.1) is 13.2 Å². The summed E-state index contributed by atoms with van der Waals surface area (Å²) in [4.78, 5) is 0. The van der Waals surface area contributed by atoms with Crippen LogP contribution in [0.2, 0.25) is 0 Å². The Hall–Kier alpha value is -1.16. The molecule has 0 saturated carbocycles. The topological polar surface area (TPSA) is 18.5 Å². The molecule has 1 atom stereocenters. The largest absolute Gasteiger partial charge is 0.494 e. The van der Waals surface area contributed by atoms with E-state index in [4.69, 9.17) is 4.74 Å². The van der Waals surface area contributed by atoms with Crippen molar-refractivity contribution in [3.8, 4) is 5.75 Å². The van der Waals surface area contributed by atoms with Gasteiger partial charge in [-0.1, -0.05) is 19.9 Å². The van der Waals surface area contributed by atoms with E-state index < -0.39 is 11.6 Å². The molecule has 1 heterocycles. The van der Waals surface area contributed by atoms with Crippen LogP contribution in [0.3, 0.4) is 0 Å². The first kappa shape index (κ1) is 16.8. The zero-order valence-electron chi connectivity index (χ0n) is 11.5. The SMILES string of the molecule is CC.CC1CCCO1.COc1cccc(F)c1F. The Balaban J connectivity index is 0.000000308. The van der Waals surface area contributed by atoms with Crippen molar-refractivity contribution in [2.45, 2.75) is 39.7 Å². The van der Waals surface area contributed by atoms with Gasteiger partial charge >= 0.3 is 0 Å². The molecule has 4 heteroatoms. The molecule has 0 aromatic heterocycles. The highest BCUT2D eigenvalue weighted by atomic mass is 19.2. The predicted octanol–water partition coefficient (Wildman–Crippen LogP) is 4.18. The summed E-state index contributed by atoms with van der Waals surface area (Å²) in [6.07, 6.45) is 3.08. The van der Waals surface area contributed by atoms with E-state index in [1.54, 1.807) is 0 Å². The lowest BCUT2D eigenvalue weighted by Gasteiger charge is -1.99. The Kier molecular flexibility index (Phi) is 9.19. The van der Waals surface area contributed by atoms with Gasteiger partial charge < -0.3 is 9.47 Å². The van der Waals surface area contributed by atoms with E-state index in [-0.39, 0.29) is 5.75 Å². The van der Waals surface area contributed by atoms with E-state index in [1.807, 2.05) is 13.8 Å². The summed E-state index contributed by atoms with van der Waals surface area (Å²) in [6.45, 7) is 7.11. The summed E-state index contributed by atoms with van der Waals surface area (Å²) in [6, 6.07) is 3.79. The first-order chi connectivity index (χ1) is 8.65. The minimum atomic E-state index is -0.940. The van der Waals surface area contributed by atoms with Crippen molar-refractivity contribution in [1.29, 1.82) is 0 Å². The number of ether oxygens (including phenoxy) is 2. The second-order valence-corrected chi connectivity index (χ2v) is 3.58. The molecule has 1 fully saturated rings. The quantitative estimate of drug-likeness (QED) is 0.754. The molecule has 0 bridgehead atoms. The molecule has 0 aliphatic carbocycles. The summed E-state index contributed by atoms with van der Waals surface area (Å²) in [5.74, 6) is -1.90. The molecule has 1 aromatic carbocycles. The van der Waals surface area contributed by atoms with E-state index >= 15 is 0 Å². The molecule has 1 aliphatic heterocycles. The van der Waals surface area contributed by atoms with Gasteiger partial charge in [0.2, 0.25) is 5.82 Å². The molecule has 0 radical (unpaired) electrons. The van der Waals surface area contributed by atoms with Crippen molar-refractivity contribution >= 4 is 0 Å². The van der Waals surface area contributed by atoms with Crippen LogP contribution in [0.15, 0.2) is 18.2 Å². The van der Waals surface area contributed by atoms with Crippen molar-refractivity contribution in [3.63, 3.8) is 0 Å². The molecular weight excluding hydrogens is 238 g/mol. The fourth-order valence-corrected chi connectivity index (χ4v) is 1.38. The standard InChI is InChI=1S/C7H6F2O.C5H10O.C2H6/c1-10-6-4-2-3-5(8)7(6)9;1-5-3-2-4-6-5;1-2/h2-4H,1H3;5H,2-4H2,1H3;1-2H3. The van der Waals surface area contributed by atoms with Crippen LogP contribution >= 0.6 is 0 Å². The van der Waals surface area contributed by atoms with Crippen LogP contribution in [0.4, 0.5) is 8.78 Å². The molecular formula is C14H22F2O2. The van der Waals surface area contributed by atoms with E-state index in [0.717, 1.165) is 12.7 Å². The van der Waals surface area contributed by atoms with Crippen LogP contribution in [-0.2, 0) is 4.74 Å². The monoisotopic (exact) mass is 260 g/mol. The molecule has 2 rings (SSSR count). The molecule has 1 aliphatic rings. The first-order valence-electron chi connectivity index (χ1n) is 6.24. The van der Waals surface area contributed by atoms with E-state index in [0.29, 0.717) is 6.10 Å². The van der Waals surface area contributed by atoms with Crippen LogP contribution in [0.1, 0.15) is 33.6 Å². The number of hydrogen-bond acceptors (Lipinski definition) is 2. The minimum absolute atomic E-state index is 0.0694. The normalized spacial score (nSPS) is 17.1. The average molecular weight is 260 g/mol. The van der Waals surface area contributed by atoms with E-state index in [2.05, 4.69) is 11.7 Å². The molecule has 1 saturated heterocycles. The zero-order chi connectivity index (χ0) is 14.0. The second-order valence-electron chi connectivity index (χ2n) is 3.58. The fraction of sp³-hybridized carbons (Fsp3) is 0.571. The lowest BCUT2D eigenvalue weighted by molar-refractivity contribution is 0.125. The maximum absolute atomic E-state index is 12.5. The third kappa shape index (κ3) is 5.96. The fourth-order valence-electron chi connectivity index (χ4n) is 1.38. The van der Waals surface area contributed by atoms with Crippen molar-refractivity contribution in [2.75, 3.05) is 13.7 Å². The van der Waals surface area contributed by atoms with Gasteiger partial charge in [0.1, 0.15) is 0 Å². The highest BCUT2D eigenvalue weighted by Gasteiger charge is 2.07. The summed E-state index contributed by atoms with van der Waals surface area (Å²) in [7, 11) is 1.29. The van der Waals surface area contributed by atoms with Crippen LogP contribution in [0.5, 0.6) is 5.75 Å². The van der Waals surface area contributed by atoms with E-state index in [1.165, 1.54) is 32.1 Å². The molecule has 1 aromatic rings. The molecule has 1 unspecified atom stereocenters. The highest BCUT2D eigenvalue weighted by Crippen LogP contribution is 2.17. The molecule has 18 heavy (non-hydrogen) atoms. The molecule has 2 nitrogen and oxygen atoms in total. The van der Waals surface area contributed by atoms with Gasteiger partial charge in [-0.3, -0.25) is 0 Å². The van der Waals surface area contributed by atoms with Crippen LogP contribution in [-0.4, -0.2) is 19.8 Å². The third-order valence-corrected chi connectivity index (χ3v) is 2.29. The smallest absolute Gasteiger partial charge is 0.200 e. The Bertz CT molecular complexity index is 324. The van der Waals surface area contributed by atoms with Gasteiger partial charge in [-0.15, -0.1) is 0 Å². The van der Waals surface area contributed by atoms with Crippen LogP contribution in [0.25, 0.3) is 0 Å². The Morgan fingerprint density at radius 1 is 1.28 bits per heavy atom.